The maximum atomic E-state index is 13.8. The standard InChI is InChI=1S/C16H16FNO3/c1-2-18(14-6-4-3-5-13(14)17)10-16(21)12-8-7-11(19)9-15(12)20/h3-9,19-20H,2,10H2,1H3. The molecule has 2 aromatic carbocycles. The van der Waals surface area contributed by atoms with Gasteiger partial charge in [0.2, 0.25) is 0 Å². The number of nitrogens with zero attached hydrogens (tertiary/aromatic N) is 1. The van der Waals surface area contributed by atoms with Crippen molar-refractivity contribution in [3.63, 3.8) is 0 Å². The van der Waals surface area contributed by atoms with Gasteiger partial charge in [0.1, 0.15) is 17.3 Å². The summed E-state index contributed by atoms with van der Waals surface area (Å²) in [5, 5.41) is 18.9. The first kappa shape index (κ1) is 14.8. The number of aromatic hydroxyl groups is 2. The summed E-state index contributed by atoms with van der Waals surface area (Å²) in [7, 11) is 0. The Balaban J connectivity index is 2.23. The van der Waals surface area contributed by atoms with E-state index in [0.717, 1.165) is 6.07 Å². The van der Waals surface area contributed by atoms with Gasteiger partial charge in [0.05, 0.1) is 17.8 Å². The molecule has 110 valence electrons. The Kier molecular flexibility index (Phi) is 4.42. The predicted octanol–water partition coefficient (Wildman–Crippen LogP) is 2.95. The monoisotopic (exact) mass is 289 g/mol. The summed E-state index contributed by atoms with van der Waals surface area (Å²) in [6.45, 7) is 2.21. The highest BCUT2D eigenvalue weighted by molar-refractivity contribution is 6.01. The molecule has 21 heavy (non-hydrogen) atoms. The Hall–Kier alpha value is -2.56. The van der Waals surface area contributed by atoms with Crippen LogP contribution in [-0.2, 0) is 0 Å². The van der Waals surface area contributed by atoms with Crippen LogP contribution in [0.5, 0.6) is 11.5 Å². The number of benzene rings is 2. The number of carbonyl (C=O) groups excluding carboxylic acids is 1. The lowest BCUT2D eigenvalue weighted by Gasteiger charge is -2.22. The molecule has 0 radical (unpaired) electrons. The highest BCUT2D eigenvalue weighted by Crippen LogP contribution is 2.24. The van der Waals surface area contributed by atoms with Crippen LogP contribution in [0.3, 0.4) is 0 Å². The van der Waals surface area contributed by atoms with Crippen LogP contribution in [0.2, 0.25) is 0 Å². The van der Waals surface area contributed by atoms with E-state index in [9.17, 15) is 19.4 Å². The predicted molar refractivity (Wildman–Crippen MR) is 78.4 cm³/mol. The van der Waals surface area contributed by atoms with Crippen molar-refractivity contribution in [3.8, 4) is 11.5 Å². The first-order valence-electron chi connectivity index (χ1n) is 6.57. The van der Waals surface area contributed by atoms with Crippen LogP contribution in [-0.4, -0.2) is 29.1 Å². The highest BCUT2D eigenvalue weighted by atomic mass is 19.1. The van der Waals surface area contributed by atoms with Crippen molar-refractivity contribution in [1.82, 2.24) is 0 Å². The van der Waals surface area contributed by atoms with E-state index in [1.54, 1.807) is 23.1 Å². The molecule has 0 saturated heterocycles. The Morgan fingerprint density at radius 1 is 1.19 bits per heavy atom. The zero-order valence-electron chi connectivity index (χ0n) is 11.6. The number of rotatable bonds is 5. The average Bonchev–Trinajstić information content (AvgIpc) is 2.45. The lowest BCUT2D eigenvalue weighted by molar-refractivity contribution is 0.0996. The molecule has 0 aliphatic heterocycles. The molecule has 0 bridgehead atoms. The van der Waals surface area contributed by atoms with Gasteiger partial charge in [0.25, 0.3) is 0 Å². The van der Waals surface area contributed by atoms with Crippen LogP contribution >= 0.6 is 0 Å². The summed E-state index contributed by atoms with van der Waals surface area (Å²) < 4.78 is 13.8. The Morgan fingerprint density at radius 2 is 1.90 bits per heavy atom. The number of likely N-dealkylation sites (N-methyl/N-ethyl adjacent to an activating group) is 1. The number of carbonyl (C=O) groups is 1. The fourth-order valence-corrected chi connectivity index (χ4v) is 2.09. The molecule has 0 amide bonds. The van der Waals surface area contributed by atoms with Crippen molar-refractivity contribution >= 4 is 11.5 Å². The smallest absolute Gasteiger partial charge is 0.185 e. The van der Waals surface area contributed by atoms with Crippen LogP contribution in [0, 0.1) is 5.82 Å². The van der Waals surface area contributed by atoms with Gasteiger partial charge in [-0.05, 0) is 31.2 Å². The van der Waals surface area contributed by atoms with E-state index in [2.05, 4.69) is 0 Å². The second kappa shape index (κ2) is 6.26. The topological polar surface area (TPSA) is 60.8 Å². The van der Waals surface area contributed by atoms with Gasteiger partial charge >= 0.3 is 0 Å². The molecular formula is C16H16FNO3. The van der Waals surface area contributed by atoms with Crippen molar-refractivity contribution in [2.75, 3.05) is 18.0 Å². The number of phenolic OH excluding ortho intramolecular Hbond substituents is 2. The molecule has 5 heteroatoms. The molecule has 2 N–H and O–H groups in total. The Bertz CT molecular complexity index is 658. The molecule has 0 atom stereocenters. The quantitative estimate of drug-likeness (QED) is 0.831. The summed E-state index contributed by atoms with van der Waals surface area (Å²) >= 11 is 0. The molecule has 0 spiro atoms. The van der Waals surface area contributed by atoms with Crippen molar-refractivity contribution < 1.29 is 19.4 Å². The van der Waals surface area contributed by atoms with Crippen molar-refractivity contribution in [1.29, 1.82) is 0 Å². The van der Waals surface area contributed by atoms with E-state index in [1.807, 2.05) is 6.92 Å². The largest absolute Gasteiger partial charge is 0.508 e. The lowest BCUT2D eigenvalue weighted by Crippen LogP contribution is -2.30. The number of para-hydroxylation sites is 1. The van der Waals surface area contributed by atoms with E-state index >= 15 is 0 Å². The number of hydrogen-bond donors (Lipinski definition) is 2. The third-order valence-electron chi connectivity index (χ3n) is 3.19. The van der Waals surface area contributed by atoms with E-state index in [0.29, 0.717) is 12.2 Å². The van der Waals surface area contributed by atoms with E-state index < -0.39 is 5.82 Å². The molecule has 2 aromatic rings. The van der Waals surface area contributed by atoms with E-state index in [4.69, 9.17) is 0 Å². The van der Waals surface area contributed by atoms with Crippen LogP contribution in [0.25, 0.3) is 0 Å². The second-order valence-electron chi connectivity index (χ2n) is 4.59. The fraction of sp³-hybridized carbons (Fsp3) is 0.188. The third-order valence-corrected chi connectivity index (χ3v) is 3.19. The van der Waals surface area contributed by atoms with E-state index in [1.165, 1.54) is 18.2 Å². The van der Waals surface area contributed by atoms with Gasteiger partial charge in [-0.2, -0.15) is 0 Å². The lowest BCUT2D eigenvalue weighted by atomic mass is 10.1. The summed E-state index contributed by atoms with van der Waals surface area (Å²) in [4.78, 5) is 13.8. The summed E-state index contributed by atoms with van der Waals surface area (Å²) in [6, 6.07) is 9.99. The number of hydrogen-bond acceptors (Lipinski definition) is 4. The van der Waals surface area contributed by atoms with Gasteiger partial charge in [0.15, 0.2) is 5.78 Å². The van der Waals surface area contributed by atoms with Gasteiger partial charge in [0, 0.05) is 12.6 Å². The molecule has 0 fully saturated rings. The fourth-order valence-electron chi connectivity index (χ4n) is 2.09. The van der Waals surface area contributed by atoms with E-state index in [-0.39, 0.29) is 29.4 Å². The molecule has 0 aliphatic carbocycles. The maximum Gasteiger partial charge on any atom is 0.185 e. The molecule has 0 unspecified atom stereocenters. The van der Waals surface area contributed by atoms with Gasteiger partial charge in [-0.3, -0.25) is 4.79 Å². The van der Waals surface area contributed by atoms with Gasteiger partial charge in [-0.25, -0.2) is 4.39 Å². The zero-order valence-corrected chi connectivity index (χ0v) is 11.6. The molecule has 0 aromatic heterocycles. The SMILES string of the molecule is CCN(CC(=O)c1ccc(O)cc1O)c1ccccc1F. The molecule has 4 nitrogen and oxygen atoms in total. The van der Waals surface area contributed by atoms with Crippen LogP contribution in [0.15, 0.2) is 42.5 Å². The van der Waals surface area contributed by atoms with Crippen LogP contribution < -0.4 is 4.90 Å². The number of ketones is 1. The van der Waals surface area contributed by atoms with Crippen LogP contribution in [0.1, 0.15) is 17.3 Å². The molecule has 0 saturated carbocycles. The van der Waals surface area contributed by atoms with Gasteiger partial charge < -0.3 is 15.1 Å². The molecule has 2 rings (SSSR count). The number of halogens is 1. The number of phenols is 2. The van der Waals surface area contributed by atoms with Crippen molar-refractivity contribution in [3.05, 3.63) is 53.8 Å². The Labute approximate surface area is 122 Å². The van der Waals surface area contributed by atoms with Crippen LogP contribution in [0.4, 0.5) is 10.1 Å². The summed E-state index contributed by atoms with van der Waals surface area (Å²) in [6.07, 6.45) is 0. The maximum absolute atomic E-state index is 13.8. The normalized spacial score (nSPS) is 10.4. The van der Waals surface area contributed by atoms with Crippen molar-refractivity contribution in [2.24, 2.45) is 0 Å². The Morgan fingerprint density at radius 3 is 2.52 bits per heavy atom. The second-order valence-corrected chi connectivity index (χ2v) is 4.59. The van der Waals surface area contributed by atoms with Gasteiger partial charge in [-0.15, -0.1) is 0 Å². The zero-order chi connectivity index (χ0) is 15.4. The average molecular weight is 289 g/mol. The minimum atomic E-state index is -0.401. The molecule has 0 heterocycles. The minimum absolute atomic E-state index is 0.0598. The number of Topliss-reactive ketones (excluding diaryl/α,β-unsaturated/α-hetero) is 1. The van der Waals surface area contributed by atoms with Gasteiger partial charge in [-0.1, -0.05) is 12.1 Å². The molecular weight excluding hydrogens is 273 g/mol. The third kappa shape index (κ3) is 3.31. The molecule has 0 aliphatic rings. The number of anilines is 1. The minimum Gasteiger partial charge on any atom is -0.508 e. The first-order valence-corrected chi connectivity index (χ1v) is 6.57. The highest BCUT2D eigenvalue weighted by Gasteiger charge is 2.17. The summed E-state index contributed by atoms with van der Waals surface area (Å²) in [5.41, 5.74) is 0.439. The van der Waals surface area contributed by atoms with Crippen molar-refractivity contribution in [2.45, 2.75) is 6.92 Å². The first-order chi connectivity index (χ1) is 10.0. The summed E-state index contributed by atoms with van der Waals surface area (Å²) in [5.74, 6) is -1.16.